The summed E-state index contributed by atoms with van der Waals surface area (Å²) in [5, 5.41) is 0. The molecule has 0 unspecified atom stereocenters. The highest BCUT2D eigenvalue weighted by molar-refractivity contribution is 6.22. The Hall–Kier alpha value is -3.61. The highest BCUT2D eigenvalue weighted by atomic mass is 19.4. The topological polar surface area (TPSA) is 46.6 Å². The number of hydrogen-bond donors (Lipinski definition) is 0. The van der Waals surface area contributed by atoms with Crippen LogP contribution in [0.15, 0.2) is 72.8 Å². The molecule has 2 aliphatic rings. The number of carbonyl (C=O) groups is 2. The van der Waals surface area contributed by atoms with Crippen molar-refractivity contribution in [3.8, 4) is 22.6 Å². The molecule has 4 nitrogen and oxygen atoms in total. The van der Waals surface area contributed by atoms with E-state index in [1.807, 2.05) is 42.5 Å². The second-order valence-electron chi connectivity index (χ2n) is 8.68. The normalized spacial score (nSPS) is 20.4. The lowest BCUT2D eigenvalue weighted by molar-refractivity contribution is -0.137. The van der Waals surface area contributed by atoms with E-state index in [0.717, 1.165) is 41.0 Å². The number of benzene rings is 3. The van der Waals surface area contributed by atoms with Crippen molar-refractivity contribution in [2.45, 2.75) is 31.9 Å². The average Bonchev–Trinajstić information content (AvgIpc) is 3.10. The van der Waals surface area contributed by atoms with Crippen LogP contribution in [0.5, 0.6) is 11.5 Å². The average molecular weight is 465 g/mol. The monoisotopic (exact) mass is 465 g/mol. The molecular weight excluding hydrogens is 443 g/mol. The number of fused-ring (bicyclic) bond motifs is 1. The van der Waals surface area contributed by atoms with Gasteiger partial charge in [-0.15, -0.1) is 0 Å². The van der Waals surface area contributed by atoms with Gasteiger partial charge in [0.1, 0.15) is 5.75 Å². The molecule has 2 fully saturated rings. The molecule has 3 aromatic rings. The molecule has 1 aliphatic heterocycles. The molecule has 0 aromatic heterocycles. The third-order valence-electron chi connectivity index (χ3n) is 6.56. The van der Waals surface area contributed by atoms with E-state index in [-0.39, 0.29) is 11.4 Å². The van der Waals surface area contributed by atoms with Crippen molar-refractivity contribution in [3.63, 3.8) is 0 Å². The summed E-state index contributed by atoms with van der Waals surface area (Å²) in [5.41, 5.74) is 0.866. The fourth-order valence-electron chi connectivity index (χ4n) is 4.83. The molecule has 0 radical (unpaired) electrons. The third-order valence-corrected chi connectivity index (χ3v) is 6.56. The lowest BCUT2D eigenvalue weighted by Crippen LogP contribution is -2.31. The largest absolute Gasteiger partial charge is 0.455 e. The van der Waals surface area contributed by atoms with E-state index in [1.165, 1.54) is 6.07 Å². The molecule has 7 heteroatoms. The number of anilines is 1. The number of amides is 2. The van der Waals surface area contributed by atoms with Crippen molar-refractivity contribution in [1.29, 1.82) is 0 Å². The lowest BCUT2D eigenvalue weighted by Gasteiger charge is -2.21. The molecule has 1 heterocycles. The van der Waals surface area contributed by atoms with Gasteiger partial charge in [-0.05, 0) is 54.3 Å². The minimum Gasteiger partial charge on any atom is -0.455 e. The van der Waals surface area contributed by atoms with Gasteiger partial charge in [-0.25, -0.2) is 4.90 Å². The van der Waals surface area contributed by atoms with Crippen LogP contribution < -0.4 is 9.64 Å². The fraction of sp³-hybridized carbons (Fsp3) is 0.259. The van der Waals surface area contributed by atoms with Gasteiger partial charge in [0, 0.05) is 0 Å². The molecule has 1 saturated carbocycles. The van der Waals surface area contributed by atoms with Crippen LogP contribution in [0.3, 0.4) is 0 Å². The third kappa shape index (κ3) is 4.06. The lowest BCUT2D eigenvalue weighted by atomic mass is 9.81. The van der Waals surface area contributed by atoms with Crippen LogP contribution in [0.4, 0.5) is 18.9 Å². The summed E-state index contributed by atoms with van der Waals surface area (Å²) in [5.74, 6) is -1.43. The van der Waals surface area contributed by atoms with Crippen molar-refractivity contribution in [1.82, 2.24) is 0 Å². The van der Waals surface area contributed by atoms with Crippen LogP contribution in [-0.4, -0.2) is 11.8 Å². The SMILES string of the molecule is O=C1[C@@H]2CCCC[C@H]2C(=O)N1c1cc(C(F)(F)F)ccc1Oc1ccc(-c2ccccc2)cc1. The minimum absolute atomic E-state index is 0.0285. The molecule has 1 saturated heterocycles. The zero-order valence-electron chi connectivity index (χ0n) is 18.2. The van der Waals surface area contributed by atoms with Crippen molar-refractivity contribution in [2.75, 3.05) is 4.90 Å². The number of carbonyl (C=O) groups excluding carboxylic acids is 2. The molecule has 0 N–H and O–H groups in total. The van der Waals surface area contributed by atoms with Gasteiger partial charge in [0.2, 0.25) is 11.8 Å². The smallest absolute Gasteiger partial charge is 0.416 e. The molecule has 0 bridgehead atoms. The summed E-state index contributed by atoms with van der Waals surface area (Å²) in [4.78, 5) is 27.1. The summed E-state index contributed by atoms with van der Waals surface area (Å²) < 4.78 is 46.4. The molecule has 1 aliphatic carbocycles. The van der Waals surface area contributed by atoms with E-state index in [1.54, 1.807) is 12.1 Å². The molecule has 5 rings (SSSR count). The van der Waals surface area contributed by atoms with Crippen LogP contribution in [-0.2, 0) is 15.8 Å². The van der Waals surface area contributed by atoms with Crippen molar-refractivity contribution >= 4 is 17.5 Å². The number of rotatable bonds is 4. The highest BCUT2D eigenvalue weighted by Gasteiger charge is 2.50. The van der Waals surface area contributed by atoms with Gasteiger partial charge >= 0.3 is 6.18 Å². The van der Waals surface area contributed by atoms with Gasteiger partial charge in [-0.1, -0.05) is 55.3 Å². The van der Waals surface area contributed by atoms with E-state index >= 15 is 0 Å². The molecule has 174 valence electrons. The van der Waals surface area contributed by atoms with E-state index < -0.39 is 35.4 Å². The van der Waals surface area contributed by atoms with Crippen molar-refractivity contribution < 1.29 is 27.5 Å². The van der Waals surface area contributed by atoms with E-state index in [0.29, 0.717) is 18.6 Å². The first-order valence-electron chi connectivity index (χ1n) is 11.3. The molecule has 0 spiro atoms. The van der Waals surface area contributed by atoms with Gasteiger partial charge in [-0.3, -0.25) is 9.59 Å². The van der Waals surface area contributed by atoms with Crippen LogP contribution >= 0.6 is 0 Å². The predicted molar refractivity (Wildman–Crippen MR) is 121 cm³/mol. The number of halogens is 3. The summed E-state index contributed by atoms with van der Waals surface area (Å²) in [6, 6.07) is 19.7. The van der Waals surface area contributed by atoms with Crippen LogP contribution in [0, 0.1) is 11.8 Å². The Morgan fingerprint density at radius 2 is 1.35 bits per heavy atom. The van der Waals surface area contributed by atoms with E-state index in [9.17, 15) is 22.8 Å². The maximum absolute atomic E-state index is 13.5. The van der Waals surface area contributed by atoms with Crippen LogP contribution in [0.1, 0.15) is 31.2 Å². The maximum atomic E-state index is 13.5. The Labute approximate surface area is 195 Å². The molecule has 2 amide bonds. The number of alkyl halides is 3. The minimum atomic E-state index is -4.62. The van der Waals surface area contributed by atoms with Gasteiger partial charge in [0.05, 0.1) is 23.1 Å². The van der Waals surface area contributed by atoms with Crippen molar-refractivity contribution in [3.05, 3.63) is 78.4 Å². The Morgan fingerprint density at radius 3 is 1.94 bits per heavy atom. The van der Waals surface area contributed by atoms with Crippen molar-refractivity contribution in [2.24, 2.45) is 11.8 Å². The number of ether oxygens (including phenoxy) is 1. The Morgan fingerprint density at radius 1 is 0.765 bits per heavy atom. The predicted octanol–water partition coefficient (Wildman–Crippen LogP) is 6.84. The standard InChI is InChI=1S/C27H22F3NO3/c28-27(29,30)19-12-15-24(34-20-13-10-18(11-14-20)17-6-2-1-3-7-17)23(16-19)31-25(32)21-8-4-5-9-22(21)26(31)33/h1-3,6-7,10-16,21-22H,4-5,8-9H2/t21-,22-/m1/s1. The van der Waals surface area contributed by atoms with Crippen LogP contribution in [0.2, 0.25) is 0 Å². The molecule has 3 aromatic carbocycles. The summed E-state index contributed by atoms with van der Waals surface area (Å²) in [6.45, 7) is 0. The van der Waals surface area contributed by atoms with Gasteiger partial charge < -0.3 is 4.74 Å². The summed E-state index contributed by atoms with van der Waals surface area (Å²) in [7, 11) is 0. The van der Waals surface area contributed by atoms with Gasteiger partial charge in [-0.2, -0.15) is 13.2 Å². The Bertz CT molecular complexity index is 1200. The zero-order valence-corrected chi connectivity index (χ0v) is 18.2. The maximum Gasteiger partial charge on any atom is 0.416 e. The second kappa shape index (κ2) is 8.63. The first-order valence-corrected chi connectivity index (χ1v) is 11.3. The van der Waals surface area contributed by atoms with E-state index in [4.69, 9.17) is 4.74 Å². The summed E-state index contributed by atoms with van der Waals surface area (Å²) >= 11 is 0. The fourth-order valence-corrected chi connectivity index (χ4v) is 4.83. The number of nitrogens with zero attached hydrogens (tertiary/aromatic N) is 1. The molecule has 34 heavy (non-hydrogen) atoms. The molecular formula is C27H22F3NO3. The Balaban J connectivity index is 1.50. The first kappa shape index (κ1) is 22.2. The second-order valence-corrected chi connectivity index (χ2v) is 8.68. The Kier molecular flexibility index (Phi) is 5.63. The van der Waals surface area contributed by atoms with Crippen LogP contribution in [0.25, 0.3) is 11.1 Å². The number of imide groups is 1. The van der Waals surface area contributed by atoms with Gasteiger partial charge in [0.25, 0.3) is 0 Å². The van der Waals surface area contributed by atoms with Gasteiger partial charge in [0.15, 0.2) is 5.75 Å². The van der Waals surface area contributed by atoms with E-state index in [2.05, 4.69) is 0 Å². The molecule has 2 atom stereocenters. The number of hydrogen-bond acceptors (Lipinski definition) is 3. The highest BCUT2D eigenvalue weighted by Crippen LogP contribution is 2.45. The summed E-state index contributed by atoms with van der Waals surface area (Å²) in [6.07, 6.45) is -1.83. The zero-order chi connectivity index (χ0) is 23.9. The first-order chi connectivity index (χ1) is 16.3. The quantitative estimate of drug-likeness (QED) is 0.396.